The number of amides is 1. The van der Waals surface area contributed by atoms with Crippen LogP contribution in [-0.2, 0) is 4.79 Å². The number of fused-ring (bicyclic) bond motifs is 1. The van der Waals surface area contributed by atoms with Crippen LogP contribution < -0.4 is 15.4 Å². The summed E-state index contributed by atoms with van der Waals surface area (Å²) >= 11 is 6.18. The molecular formula is C17H20Cl2N2O2. The lowest BCUT2D eigenvalue weighted by molar-refractivity contribution is -0.123. The minimum Gasteiger partial charge on any atom is -0.483 e. The van der Waals surface area contributed by atoms with E-state index in [1.165, 1.54) is 0 Å². The van der Waals surface area contributed by atoms with Crippen LogP contribution in [0.5, 0.6) is 5.75 Å². The number of halogens is 2. The summed E-state index contributed by atoms with van der Waals surface area (Å²) in [4.78, 5) is 12.0. The first kappa shape index (κ1) is 17.9. The topological polar surface area (TPSA) is 50.4 Å². The van der Waals surface area contributed by atoms with Crippen molar-refractivity contribution < 1.29 is 9.53 Å². The van der Waals surface area contributed by atoms with Gasteiger partial charge in [-0.3, -0.25) is 4.79 Å². The minimum atomic E-state index is -0.0901. The van der Waals surface area contributed by atoms with Gasteiger partial charge in [0.1, 0.15) is 5.75 Å². The van der Waals surface area contributed by atoms with Gasteiger partial charge in [0.15, 0.2) is 6.61 Å². The third kappa shape index (κ3) is 4.50. The standard InChI is InChI=1S/C17H19ClN2O2.ClH/c18-15-7-8-16(14-6-2-1-5-13(14)15)22-11-17(21)20-12-4-3-9-19-10-12;/h1-2,5-8,12,19H,3-4,9-11H2,(H,20,21);1H/t12-;/m0./s1. The number of benzene rings is 2. The van der Waals surface area contributed by atoms with Gasteiger partial charge >= 0.3 is 0 Å². The zero-order valence-corrected chi connectivity index (χ0v) is 14.3. The average Bonchev–Trinajstić information content (AvgIpc) is 2.55. The Morgan fingerprint density at radius 3 is 2.78 bits per heavy atom. The highest BCUT2D eigenvalue weighted by atomic mass is 35.5. The number of hydrogen-bond acceptors (Lipinski definition) is 3. The fraction of sp³-hybridized carbons (Fsp3) is 0.353. The van der Waals surface area contributed by atoms with Crippen molar-refractivity contribution in [3.63, 3.8) is 0 Å². The Labute approximate surface area is 146 Å². The molecule has 2 aromatic rings. The summed E-state index contributed by atoms with van der Waals surface area (Å²) in [5.41, 5.74) is 0. The summed E-state index contributed by atoms with van der Waals surface area (Å²) < 4.78 is 5.69. The van der Waals surface area contributed by atoms with Gasteiger partial charge in [0.05, 0.1) is 0 Å². The molecule has 1 heterocycles. The van der Waals surface area contributed by atoms with E-state index >= 15 is 0 Å². The number of carbonyl (C=O) groups excluding carboxylic acids is 1. The van der Waals surface area contributed by atoms with Crippen molar-refractivity contribution in [1.82, 2.24) is 10.6 Å². The van der Waals surface area contributed by atoms with Crippen LogP contribution >= 0.6 is 24.0 Å². The predicted molar refractivity (Wildman–Crippen MR) is 95.7 cm³/mol. The Kier molecular flexibility index (Phi) is 6.51. The predicted octanol–water partition coefficient (Wildman–Crippen LogP) is 3.16. The fourth-order valence-electron chi connectivity index (χ4n) is 2.75. The van der Waals surface area contributed by atoms with E-state index in [4.69, 9.17) is 16.3 Å². The molecule has 2 aromatic carbocycles. The van der Waals surface area contributed by atoms with Crippen LogP contribution in [0, 0.1) is 0 Å². The quantitative estimate of drug-likeness (QED) is 0.886. The van der Waals surface area contributed by atoms with Crippen molar-refractivity contribution in [3.8, 4) is 5.75 Å². The first-order chi connectivity index (χ1) is 10.7. The maximum atomic E-state index is 12.0. The maximum absolute atomic E-state index is 12.0. The highest BCUT2D eigenvalue weighted by Crippen LogP contribution is 2.31. The van der Waals surface area contributed by atoms with Crippen molar-refractivity contribution in [3.05, 3.63) is 41.4 Å². The lowest BCUT2D eigenvalue weighted by Crippen LogP contribution is -2.47. The smallest absolute Gasteiger partial charge is 0.258 e. The largest absolute Gasteiger partial charge is 0.483 e. The molecule has 3 rings (SSSR count). The molecule has 124 valence electrons. The summed E-state index contributed by atoms with van der Waals surface area (Å²) in [6.45, 7) is 1.87. The molecule has 0 aromatic heterocycles. The van der Waals surface area contributed by atoms with E-state index in [1.807, 2.05) is 24.3 Å². The third-order valence-corrected chi connectivity index (χ3v) is 4.18. The summed E-state index contributed by atoms with van der Waals surface area (Å²) in [5, 5.41) is 8.80. The molecule has 1 saturated heterocycles. The summed E-state index contributed by atoms with van der Waals surface area (Å²) in [6, 6.07) is 11.5. The highest BCUT2D eigenvalue weighted by molar-refractivity contribution is 6.35. The molecular weight excluding hydrogens is 335 g/mol. The van der Waals surface area contributed by atoms with Crippen LogP contribution in [0.4, 0.5) is 0 Å². The van der Waals surface area contributed by atoms with Gasteiger partial charge in [-0.05, 0) is 31.5 Å². The second kappa shape index (κ2) is 8.39. The Hall–Kier alpha value is -1.49. The molecule has 0 saturated carbocycles. The zero-order chi connectivity index (χ0) is 15.4. The van der Waals surface area contributed by atoms with Gasteiger partial charge < -0.3 is 15.4 Å². The van der Waals surface area contributed by atoms with Crippen molar-refractivity contribution in [2.24, 2.45) is 0 Å². The van der Waals surface area contributed by atoms with E-state index in [0.717, 1.165) is 36.7 Å². The number of rotatable bonds is 4. The molecule has 0 aliphatic carbocycles. The second-order valence-corrected chi connectivity index (χ2v) is 5.90. The first-order valence-electron chi connectivity index (χ1n) is 7.54. The van der Waals surface area contributed by atoms with Crippen LogP contribution in [0.3, 0.4) is 0 Å². The number of nitrogens with one attached hydrogen (secondary N) is 2. The fourth-order valence-corrected chi connectivity index (χ4v) is 2.98. The van der Waals surface area contributed by atoms with Gasteiger partial charge in [-0.15, -0.1) is 12.4 Å². The maximum Gasteiger partial charge on any atom is 0.258 e. The molecule has 1 aliphatic heterocycles. The molecule has 0 bridgehead atoms. The molecule has 1 aliphatic rings. The summed E-state index contributed by atoms with van der Waals surface area (Å²) in [7, 11) is 0. The lowest BCUT2D eigenvalue weighted by atomic mass is 10.1. The summed E-state index contributed by atoms with van der Waals surface area (Å²) in [6.07, 6.45) is 2.11. The van der Waals surface area contributed by atoms with E-state index in [9.17, 15) is 4.79 Å². The van der Waals surface area contributed by atoms with Gasteiger partial charge in [-0.25, -0.2) is 0 Å². The molecule has 0 unspecified atom stereocenters. The molecule has 4 nitrogen and oxygen atoms in total. The van der Waals surface area contributed by atoms with E-state index < -0.39 is 0 Å². The van der Waals surface area contributed by atoms with Gasteiger partial charge in [-0.2, -0.15) is 0 Å². The Morgan fingerprint density at radius 2 is 2.04 bits per heavy atom. The Balaban J connectivity index is 0.00000192. The van der Waals surface area contributed by atoms with Crippen LogP contribution in [0.25, 0.3) is 10.8 Å². The molecule has 1 atom stereocenters. The van der Waals surface area contributed by atoms with Crippen LogP contribution in [0.2, 0.25) is 5.02 Å². The highest BCUT2D eigenvalue weighted by Gasteiger charge is 2.15. The zero-order valence-electron chi connectivity index (χ0n) is 12.7. The molecule has 0 spiro atoms. The van der Waals surface area contributed by atoms with Crippen molar-refractivity contribution in [1.29, 1.82) is 0 Å². The van der Waals surface area contributed by atoms with E-state index in [2.05, 4.69) is 10.6 Å². The normalized spacial score (nSPS) is 17.3. The van der Waals surface area contributed by atoms with Crippen LogP contribution in [0.1, 0.15) is 12.8 Å². The van der Waals surface area contributed by atoms with Gasteiger partial charge in [0.25, 0.3) is 5.91 Å². The van der Waals surface area contributed by atoms with Gasteiger partial charge in [-0.1, -0.05) is 35.9 Å². The van der Waals surface area contributed by atoms with E-state index in [1.54, 1.807) is 12.1 Å². The molecule has 23 heavy (non-hydrogen) atoms. The number of carbonyl (C=O) groups is 1. The SMILES string of the molecule is Cl.O=C(COc1ccc(Cl)c2ccccc12)N[C@H]1CCCNC1. The summed E-state index contributed by atoms with van der Waals surface area (Å²) in [5.74, 6) is 0.588. The number of piperidine rings is 1. The third-order valence-electron chi connectivity index (χ3n) is 3.85. The van der Waals surface area contributed by atoms with Gasteiger partial charge in [0.2, 0.25) is 0 Å². The van der Waals surface area contributed by atoms with Crippen LogP contribution in [-0.4, -0.2) is 31.6 Å². The van der Waals surface area contributed by atoms with Crippen molar-refractivity contribution >= 4 is 40.7 Å². The minimum absolute atomic E-state index is 0. The van der Waals surface area contributed by atoms with E-state index in [-0.39, 0.29) is 31.0 Å². The second-order valence-electron chi connectivity index (χ2n) is 5.49. The molecule has 1 fully saturated rings. The first-order valence-corrected chi connectivity index (χ1v) is 7.92. The average molecular weight is 355 g/mol. The van der Waals surface area contributed by atoms with Crippen molar-refractivity contribution in [2.75, 3.05) is 19.7 Å². The van der Waals surface area contributed by atoms with Gasteiger partial charge in [0, 0.05) is 28.4 Å². The molecule has 0 radical (unpaired) electrons. The number of hydrogen-bond donors (Lipinski definition) is 2. The number of ether oxygens (including phenoxy) is 1. The lowest BCUT2D eigenvalue weighted by Gasteiger charge is -2.23. The molecule has 1 amide bonds. The Bertz CT molecular complexity index is 673. The van der Waals surface area contributed by atoms with Crippen molar-refractivity contribution in [2.45, 2.75) is 18.9 Å². The van der Waals surface area contributed by atoms with E-state index in [0.29, 0.717) is 10.8 Å². The monoisotopic (exact) mass is 354 g/mol. The molecule has 6 heteroatoms. The molecule has 2 N–H and O–H groups in total. The van der Waals surface area contributed by atoms with Crippen LogP contribution in [0.15, 0.2) is 36.4 Å². The Morgan fingerprint density at radius 1 is 1.26 bits per heavy atom.